The lowest BCUT2D eigenvalue weighted by Gasteiger charge is -2.43. The number of aromatic hydroxyl groups is 2. The highest BCUT2D eigenvalue weighted by Crippen LogP contribution is 2.52. The molecule has 0 saturated carbocycles. The second kappa shape index (κ2) is 16.3. The number of Topliss-reactive ketones (excluding diaryl/α,β-unsaturated/α-hetero) is 1. The summed E-state index contributed by atoms with van der Waals surface area (Å²) in [5, 5.41) is 58.7. The predicted octanol–water partition coefficient (Wildman–Crippen LogP) is 1.30. The van der Waals surface area contributed by atoms with Gasteiger partial charge in [0.25, 0.3) is 0 Å². The molecule has 2 aliphatic carbocycles. The number of ketones is 3. The third kappa shape index (κ3) is 7.79. The number of carbonyl (C=O) groups excluding carboxylic acids is 5. The molecule has 2 aromatic rings. The number of esters is 2. The molecule has 0 radical (unpaired) electrons. The molecule has 1 heterocycles. The zero-order chi connectivity index (χ0) is 38.8. The van der Waals surface area contributed by atoms with E-state index in [4.69, 9.17) is 23.7 Å². The molecule has 0 aromatic heterocycles. The Hall–Kier alpha value is -4.45. The Bertz CT molecular complexity index is 1770. The molecule has 288 valence electrons. The lowest BCUT2D eigenvalue weighted by atomic mass is 9.72. The van der Waals surface area contributed by atoms with Gasteiger partial charge in [0.1, 0.15) is 29.5 Å². The predicted molar refractivity (Wildman–Crippen MR) is 182 cm³/mol. The van der Waals surface area contributed by atoms with Crippen LogP contribution < -0.4 is 10.1 Å². The minimum atomic E-state index is -2.30. The van der Waals surface area contributed by atoms with E-state index in [1.165, 1.54) is 39.3 Å². The first-order valence-electron chi connectivity index (χ1n) is 17.4. The molecule has 5 rings (SSSR count). The quantitative estimate of drug-likeness (QED) is 0.0774. The Labute approximate surface area is 304 Å². The molecule has 1 saturated heterocycles. The number of rotatable bonds is 14. The molecule has 1 fully saturated rings. The van der Waals surface area contributed by atoms with Gasteiger partial charge in [-0.15, -0.1) is 0 Å². The maximum atomic E-state index is 13.9. The van der Waals surface area contributed by atoms with Crippen LogP contribution in [-0.2, 0) is 39.8 Å². The minimum absolute atomic E-state index is 0.0558. The summed E-state index contributed by atoms with van der Waals surface area (Å²) in [6.45, 7) is 2.21. The zero-order valence-electron chi connectivity index (χ0n) is 29.9. The molecule has 2 aromatic carbocycles. The Morgan fingerprint density at radius 2 is 1.75 bits per heavy atom. The van der Waals surface area contributed by atoms with E-state index in [0.29, 0.717) is 25.8 Å². The number of carbonyl (C=O) groups is 5. The second-order valence-corrected chi connectivity index (χ2v) is 13.5. The number of methoxy groups -OCH3 is 2. The van der Waals surface area contributed by atoms with Gasteiger partial charge in [-0.25, -0.2) is 4.79 Å². The summed E-state index contributed by atoms with van der Waals surface area (Å²) in [5.41, 5.74) is -3.83. The van der Waals surface area contributed by atoms with Crippen LogP contribution in [0.5, 0.6) is 17.2 Å². The smallest absolute Gasteiger partial charge is 0.347 e. The maximum absolute atomic E-state index is 13.9. The molecule has 7 unspecified atom stereocenters. The largest absolute Gasteiger partial charge is 0.507 e. The fourth-order valence-electron chi connectivity index (χ4n) is 7.39. The fraction of sp³-hybridized carbons (Fsp3) is 0.541. The topological polar surface area (TPSA) is 245 Å². The Morgan fingerprint density at radius 1 is 1.04 bits per heavy atom. The van der Waals surface area contributed by atoms with Crippen molar-refractivity contribution >= 4 is 29.3 Å². The van der Waals surface area contributed by atoms with Crippen molar-refractivity contribution < 1.29 is 73.2 Å². The number of fused-ring (bicyclic) bond motifs is 3. The summed E-state index contributed by atoms with van der Waals surface area (Å²) in [6, 6.07) is 3.78. The van der Waals surface area contributed by atoms with E-state index >= 15 is 0 Å². The summed E-state index contributed by atoms with van der Waals surface area (Å²) in [7, 11) is 2.53. The summed E-state index contributed by atoms with van der Waals surface area (Å²) in [4.78, 5) is 63.7. The van der Waals surface area contributed by atoms with Crippen LogP contribution in [0.15, 0.2) is 18.2 Å². The summed E-state index contributed by atoms with van der Waals surface area (Å²) in [6.07, 6.45) is -4.20. The minimum Gasteiger partial charge on any atom is -0.507 e. The van der Waals surface area contributed by atoms with Crippen molar-refractivity contribution in [3.05, 3.63) is 51.6 Å². The van der Waals surface area contributed by atoms with Crippen LogP contribution in [0, 0.1) is 0 Å². The molecule has 0 bridgehead atoms. The number of ether oxygens (including phenoxy) is 5. The molecule has 16 heteroatoms. The molecule has 16 nitrogen and oxygen atoms in total. The van der Waals surface area contributed by atoms with Crippen molar-refractivity contribution in [2.75, 3.05) is 27.4 Å². The number of phenolic OH excluding ortho intramolecular Hbond substituents is 2. The second-order valence-electron chi connectivity index (χ2n) is 13.5. The first-order valence-corrected chi connectivity index (χ1v) is 17.4. The average Bonchev–Trinajstić information content (AvgIpc) is 3.13. The van der Waals surface area contributed by atoms with E-state index in [1.807, 2.05) is 0 Å². The van der Waals surface area contributed by atoms with Crippen molar-refractivity contribution in [2.24, 2.45) is 0 Å². The number of phenols is 2. The maximum Gasteiger partial charge on any atom is 0.347 e. The Balaban J connectivity index is 1.37. The number of hydrogen-bond acceptors (Lipinski definition) is 16. The van der Waals surface area contributed by atoms with Crippen LogP contribution in [0.25, 0.3) is 0 Å². The van der Waals surface area contributed by atoms with E-state index < -0.39 is 114 Å². The molecule has 0 spiro atoms. The third-order valence-corrected chi connectivity index (χ3v) is 10.1. The van der Waals surface area contributed by atoms with Crippen molar-refractivity contribution in [1.29, 1.82) is 0 Å². The number of aliphatic hydroxyl groups is 3. The van der Waals surface area contributed by atoms with Crippen LogP contribution in [0.1, 0.15) is 101 Å². The van der Waals surface area contributed by atoms with Gasteiger partial charge >= 0.3 is 11.9 Å². The van der Waals surface area contributed by atoms with Gasteiger partial charge in [-0.1, -0.05) is 18.6 Å². The SMILES string of the molecule is COC(=O)C(CCCCCNC1CC(OC2CC(O)(C(=O)CO)Cc3c(O)c4c(c(O)c32)C(=O)c2c(OC)cccc2C4=O)OC(C)C1O)OC(C)=O. The van der Waals surface area contributed by atoms with E-state index in [9.17, 15) is 49.5 Å². The molecule has 3 aliphatic rings. The summed E-state index contributed by atoms with van der Waals surface area (Å²) >= 11 is 0. The fourth-order valence-corrected chi connectivity index (χ4v) is 7.39. The number of hydrogen-bond donors (Lipinski definition) is 6. The van der Waals surface area contributed by atoms with Crippen molar-refractivity contribution in [1.82, 2.24) is 5.32 Å². The highest BCUT2D eigenvalue weighted by atomic mass is 16.7. The van der Waals surface area contributed by atoms with Gasteiger partial charge in [-0.3, -0.25) is 19.2 Å². The number of nitrogens with one attached hydrogen (secondary N) is 1. The zero-order valence-corrected chi connectivity index (χ0v) is 29.9. The Kier molecular flexibility index (Phi) is 12.2. The lowest BCUT2D eigenvalue weighted by molar-refractivity contribution is -0.249. The van der Waals surface area contributed by atoms with Crippen LogP contribution in [-0.4, -0.2) is 118 Å². The highest BCUT2D eigenvalue weighted by molar-refractivity contribution is 6.31. The van der Waals surface area contributed by atoms with Gasteiger partial charge in [0, 0.05) is 48.9 Å². The Morgan fingerprint density at radius 3 is 2.42 bits per heavy atom. The molecule has 6 N–H and O–H groups in total. The molecule has 53 heavy (non-hydrogen) atoms. The molecule has 7 atom stereocenters. The van der Waals surface area contributed by atoms with Crippen LogP contribution in [0.3, 0.4) is 0 Å². The first-order chi connectivity index (χ1) is 25.2. The monoisotopic (exact) mass is 743 g/mol. The summed E-state index contributed by atoms with van der Waals surface area (Å²) in [5.74, 6) is -5.15. The number of aliphatic hydroxyl groups excluding tert-OH is 2. The van der Waals surface area contributed by atoms with Gasteiger partial charge in [0.15, 0.2) is 24.0 Å². The number of benzene rings is 2. The summed E-state index contributed by atoms with van der Waals surface area (Å²) < 4.78 is 27.3. The van der Waals surface area contributed by atoms with Crippen molar-refractivity contribution in [3.63, 3.8) is 0 Å². The third-order valence-electron chi connectivity index (χ3n) is 10.1. The van der Waals surface area contributed by atoms with E-state index in [-0.39, 0.29) is 40.8 Å². The lowest BCUT2D eigenvalue weighted by Crippen LogP contribution is -2.54. The standard InChI is InChI=1S/C37H45NO15/c1-17-31(42)21(38-12-7-5-6-10-23(36(47)50-4)52-18(2)40)13-26(51-17)53-24-15-37(48,25(41)16-39)14-20-28(24)35(46)30-29(33(20)44)32(43)19-9-8-11-22(49-3)27(19)34(30)45/h8-9,11,17,21,23-24,26,31,38-39,42,44,46,48H,5-7,10,12-16H2,1-4H3. The normalized spacial score (nSPS) is 25.5. The molecular weight excluding hydrogens is 698 g/mol. The van der Waals surface area contributed by atoms with E-state index in [2.05, 4.69) is 5.32 Å². The van der Waals surface area contributed by atoms with Crippen LogP contribution >= 0.6 is 0 Å². The van der Waals surface area contributed by atoms with Gasteiger partial charge in [-0.2, -0.15) is 0 Å². The van der Waals surface area contributed by atoms with Gasteiger partial charge in [0.05, 0.1) is 49.2 Å². The van der Waals surface area contributed by atoms with Crippen molar-refractivity contribution in [2.45, 2.75) is 101 Å². The first kappa shape index (κ1) is 39.8. The number of unbranched alkanes of at least 4 members (excludes halogenated alkanes) is 2. The average molecular weight is 744 g/mol. The van der Waals surface area contributed by atoms with Crippen molar-refractivity contribution in [3.8, 4) is 17.2 Å². The van der Waals surface area contributed by atoms with Crippen LogP contribution in [0.4, 0.5) is 0 Å². The molecular formula is C37H45NO15. The van der Waals surface area contributed by atoms with Gasteiger partial charge < -0.3 is 54.5 Å². The van der Waals surface area contributed by atoms with E-state index in [1.54, 1.807) is 6.92 Å². The highest BCUT2D eigenvalue weighted by Gasteiger charge is 2.50. The van der Waals surface area contributed by atoms with Gasteiger partial charge in [0.2, 0.25) is 5.78 Å². The van der Waals surface area contributed by atoms with E-state index in [0.717, 1.165) is 0 Å². The van der Waals surface area contributed by atoms with Gasteiger partial charge in [-0.05, 0) is 38.8 Å². The molecule has 0 amide bonds. The molecule has 1 aliphatic heterocycles. The van der Waals surface area contributed by atoms with Crippen LogP contribution in [0.2, 0.25) is 0 Å².